The van der Waals surface area contributed by atoms with E-state index in [1.54, 1.807) is 23.9 Å². The topological polar surface area (TPSA) is 66.4 Å². The summed E-state index contributed by atoms with van der Waals surface area (Å²) in [4.78, 5) is 1.08. The van der Waals surface area contributed by atoms with Gasteiger partial charge in [0.15, 0.2) is 0 Å². The van der Waals surface area contributed by atoms with E-state index in [2.05, 4.69) is 4.72 Å². The van der Waals surface area contributed by atoms with E-state index in [4.69, 9.17) is 11.6 Å². The molecule has 2 rings (SSSR count). The number of nitrogens with one attached hydrogen (secondary N) is 1. The lowest BCUT2D eigenvalue weighted by Crippen LogP contribution is -2.28. The number of sulfonamides is 1. The van der Waals surface area contributed by atoms with Crippen molar-refractivity contribution < 1.29 is 13.5 Å². The summed E-state index contributed by atoms with van der Waals surface area (Å²) in [6, 6.07) is 10.3. The molecule has 1 unspecified atom stereocenters. The number of rotatable bonds is 6. The van der Waals surface area contributed by atoms with Crippen LogP contribution in [0.5, 0.6) is 0 Å². The van der Waals surface area contributed by atoms with Gasteiger partial charge in [-0.1, -0.05) is 23.7 Å². The minimum absolute atomic E-state index is 0.0868. The molecule has 1 aromatic carbocycles. The second-order valence-electron chi connectivity index (χ2n) is 4.20. The van der Waals surface area contributed by atoms with Gasteiger partial charge in [-0.05, 0) is 36.1 Å². The van der Waals surface area contributed by atoms with Gasteiger partial charge in [-0.3, -0.25) is 0 Å². The molecule has 4 nitrogen and oxygen atoms in total. The Morgan fingerprint density at radius 2 is 1.95 bits per heavy atom. The van der Waals surface area contributed by atoms with Gasteiger partial charge in [-0.25, -0.2) is 13.1 Å². The van der Waals surface area contributed by atoms with E-state index in [9.17, 15) is 13.5 Å². The van der Waals surface area contributed by atoms with Gasteiger partial charge in [-0.15, -0.1) is 23.1 Å². The third-order valence-corrected chi connectivity index (χ3v) is 6.67. The number of hydrogen-bond acceptors (Lipinski definition) is 5. The zero-order valence-corrected chi connectivity index (χ0v) is 14.3. The Labute approximate surface area is 137 Å². The fourth-order valence-electron chi connectivity index (χ4n) is 1.65. The molecule has 0 aliphatic rings. The van der Waals surface area contributed by atoms with Crippen LogP contribution >= 0.6 is 34.7 Å². The highest BCUT2D eigenvalue weighted by atomic mass is 35.5. The molecular formula is C13H14ClNO3S3. The fraction of sp³-hybridized carbons (Fsp3) is 0.231. The third-order valence-electron chi connectivity index (χ3n) is 2.78. The highest BCUT2D eigenvalue weighted by Crippen LogP contribution is 2.25. The van der Waals surface area contributed by atoms with Gasteiger partial charge in [0.2, 0.25) is 10.0 Å². The number of thiophene rings is 1. The van der Waals surface area contributed by atoms with Gasteiger partial charge >= 0.3 is 0 Å². The van der Waals surface area contributed by atoms with Crippen LogP contribution in [0.15, 0.2) is 45.5 Å². The summed E-state index contributed by atoms with van der Waals surface area (Å²) >= 11 is 8.31. The lowest BCUT2D eigenvalue weighted by molar-refractivity contribution is 0.182. The van der Waals surface area contributed by atoms with Crippen LogP contribution in [0, 0.1) is 0 Å². The van der Waals surface area contributed by atoms with Gasteiger partial charge in [0.05, 0.1) is 10.4 Å². The maximum absolute atomic E-state index is 12.0. The van der Waals surface area contributed by atoms with Crippen LogP contribution in [0.1, 0.15) is 11.7 Å². The van der Waals surface area contributed by atoms with Crippen LogP contribution in [0.4, 0.5) is 0 Å². The van der Waals surface area contributed by atoms with Crippen molar-refractivity contribution in [3.63, 3.8) is 0 Å². The Balaban J connectivity index is 2.01. The zero-order valence-electron chi connectivity index (χ0n) is 11.1. The van der Waals surface area contributed by atoms with Gasteiger partial charge in [0.25, 0.3) is 0 Å². The number of thioether (sulfide) groups is 1. The van der Waals surface area contributed by atoms with Gasteiger partial charge in [0.1, 0.15) is 4.21 Å². The fourth-order valence-corrected chi connectivity index (χ4v) is 4.62. The molecule has 0 aliphatic carbocycles. The maximum Gasteiger partial charge on any atom is 0.250 e. The lowest BCUT2D eigenvalue weighted by Gasteiger charge is -2.12. The Kier molecular flexibility index (Phi) is 5.70. The Morgan fingerprint density at radius 3 is 2.48 bits per heavy atom. The van der Waals surface area contributed by atoms with E-state index in [1.165, 1.54) is 12.1 Å². The molecule has 2 N–H and O–H groups in total. The smallest absolute Gasteiger partial charge is 0.250 e. The summed E-state index contributed by atoms with van der Waals surface area (Å²) in [5, 5.41) is 10.0. The van der Waals surface area contributed by atoms with Gasteiger partial charge < -0.3 is 5.11 Å². The molecule has 0 fully saturated rings. The first-order valence-corrected chi connectivity index (χ1v) is 9.89. The summed E-state index contributed by atoms with van der Waals surface area (Å²) in [5.41, 5.74) is 0.666. The number of halogens is 1. The third kappa shape index (κ3) is 4.45. The first-order chi connectivity index (χ1) is 9.92. The van der Waals surface area contributed by atoms with Crippen LogP contribution in [0.25, 0.3) is 0 Å². The lowest BCUT2D eigenvalue weighted by atomic mass is 10.1. The molecule has 0 saturated carbocycles. The van der Waals surface area contributed by atoms with Crippen molar-refractivity contribution in [2.45, 2.75) is 15.2 Å². The quantitative estimate of drug-likeness (QED) is 0.774. The minimum Gasteiger partial charge on any atom is -0.387 e. The first kappa shape index (κ1) is 16.8. The predicted molar refractivity (Wildman–Crippen MR) is 87.7 cm³/mol. The molecule has 1 aromatic heterocycles. The van der Waals surface area contributed by atoms with Gasteiger partial charge in [-0.2, -0.15) is 0 Å². The largest absolute Gasteiger partial charge is 0.387 e. The molecule has 0 bridgehead atoms. The molecule has 0 aliphatic heterocycles. The van der Waals surface area contributed by atoms with Crippen LogP contribution in [0.3, 0.4) is 0 Å². The maximum atomic E-state index is 12.0. The first-order valence-electron chi connectivity index (χ1n) is 5.99. The molecule has 0 radical (unpaired) electrons. The Hall–Kier alpha value is -0.570. The SMILES string of the molecule is CSc1ccc(C(O)CNS(=O)(=O)c2ccc(Cl)s2)cc1. The number of aliphatic hydroxyl groups is 1. The molecule has 0 saturated heterocycles. The van der Waals surface area contributed by atoms with E-state index in [1.807, 2.05) is 18.4 Å². The second kappa shape index (κ2) is 7.13. The Morgan fingerprint density at radius 1 is 1.29 bits per heavy atom. The average molecular weight is 364 g/mol. The summed E-state index contributed by atoms with van der Waals surface area (Å²) in [7, 11) is -3.64. The average Bonchev–Trinajstić information content (AvgIpc) is 2.92. The Bertz CT molecular complexity index is 698. The van der Waals surface area contributed by atoms with Crippen LogP contribution < -0.4 is 4.72 Å². The molecule has 1 heterocycles. The molecule has 2 aromatic rings. The van der Waals surface area contributed by atoms with E-state index in [0.29, 0.717) is 9.90 Å². The molecule has 0 amide bonds. The monoisotopic (exact) mass is 363 g/mol. The minimum atomic E-state index is -3.64. The summed E-state index contributed by atoms with van der Waals surface area (Å²) in [6.07, 6.45) is 1.07. The van der Waals surface area contributed by atoms with Crippen LogP contribution in [0.2, 0.25) is 4.34 Å². The van der Waals surface area contributed by atoms with Gasteiger partial charge in [0, 0.05) is 11.4 Å². The van der Waals surface area contributed by atoms with E-state index < -0.39 is 16.1 Å². The van der Waals surface area contributed by atoms with Crippen molar-refractivity contribution >= 4 is 44.7 Å². The molecule has 0 spiro atoms. The highest BCUT2D eigenvalue weighted by Gasteiger charge is 2.18. The normalized spacial score (nSPS) is 13.3. The van der Waals surface area contributed by atoms with Crippen molar-refractivity contribution in [3.05, 3.63) is 46.3 Å². The number of hydrogen-bond donors (Lipinski definition) is 2. The second-order valence-corrected chi connectivity index (χ2v) is 8.79. The summed E-state index contributed by atoms with van der Waals surface area (Å²) < 4.78 is 26.9. The molecular weight excluding hydrogens is 350 g/mol. The number of aliphatic hydroxyl groups excluding tert-OH is 1. The summed E-state index contributed by atoms with van der Waals surface area (Å²) in [6.45, 7) is -0.0868. The van der Waals surface area contributed by atoms with Crippen molar-refractivity contribution in [2.24, 2.45) is 0 Å². The van der Waals surface area contributed by atoms with Crippen molar-refractivity contribution in [3.8, 4) is 0 Å². The molecule has 8 heteroatoms. The predicted octanol–water partition coefficient (Wildman–Crippen LogP) is 3.14. The zero-order chi connectivity index (χ0) is 15.5. The van der Waals surface area contributed by atoms with E-state index >= 15 is 0 Å². The van der Waals surface area contributed by atoms with Crippen molar-refractivity contribution in [1.82, 2.24) is 4.72 Å². The molecule has 1 atom stereocenters. The van der Waals surface area contributed by atoms with E-state index in [-0.39, 0.29) is 10.8 Å². The number of benzene rings is 1. The van der Waals surface area contributed by atoms with E-state index in [0.717, 1.165) is 16.2 Å². The highest BCUT2D eigenvalue weighted by molar-refractivity contribution is 7.98. The van der Waals surface area contributed by atoms with Crippen molar-refractivity contribution in [1.29, 1.82) is 0 Å². The van der Waals surface area contributed by atoms with Crippen molar-refractivity contribution in [2.75, 3.05) is 12.8 Å². The standard InChI is InChI=1S/C13H14ClNO3S3/c1-19-10-4-2-9(3-5-10)11(16)8-15-21(17,18)13-7-6-12(14)20-13/h2-7,11,15-16H,8H2,1H3. The van der Waals surface area contributed by atoms with Crippen LogP contribution in [-0.4, -0.2) is 26.3 Å². The summed E-state index contributed by atoms with van der Waals surface area (Å²) in [5.74, 6) is 0. The molecule has 21 heavy (non-hydrogen) atoms. The van der Waals surface area contributed by atoms with Crippen LogP contribution in [-0.2, 0) is 10.0 Å². The molecule has 114 valence electrons.